The number of nitrogens with zero attached hydrogens (tertiary/aromatic N) is 2. The van der Waals surface area contributed by atoms with Crippen molar-refractivity contribution in [3.63, 3.8) is 0 Å². The third kappa shape index (κ3) is 2.24. The maximum absolute atomic E-state index is 6.25. The largest absolute Gasteiger partial charge is 0.456 e. The van der Waals surface area contributed by atoms with Gasteiger partial charge in [-0.05, 0) is 42.5 Å². The molecule has 0 unspecified atom stereocenters. The predicted molar refractivity (Wildman–Crippen MR) is 99.5 cm³/mol. The maximum Gasteiger partial charge on any atom is 0.136 e. The third-order valence-electron chi connectivity index (χ3n) is 4.36. The standard InChI is InChI=1S/C21H13ClN2O/c22-14-10-11-20-17(12-14)18-13-23-24(15-6-2-1-3-7-15)21(18)16-8-4-5-9-19(16)25-20/h1-13H. The first kappa shape index (κ1) is 14.3. The molecule has 120 valence electrons. The Morgan fingerprint density at radius 2 is 1.52 bits per heavy atom. The van der Waals surface area contributed by atoms with E-state index in [0.717, 1.165) is 39.6 Å². The van der Waals surface area contributed by atoms with Crippen LogP contribution in [0.2, 0.25) is 5.02 Å². The van der Waals surface area contributed by atoms with Crippen molar-refractivity contribution in [1.29, 1.82) is 0 Å². The van der Waals surface area contributed by atoms with Crippen LogP contribution in [0.4, 0.5) is 0 Å². The van der Waals surface area contributed by atoms with Crippen molar-refractivity contribution < 1.29 is 4.74 Å². The minimum absolute atomic E-state index is 0.673. The number of aromatic nitrogens is 2. The summed E-state index contributed by atoms with van der Waals surface area (Å²) in [7, 11) is 0. The second-order valence-electron chi connectivity index (χ2n) is 5.89. The molecule has 1 aliphatic rings. The van der Waals surface area contributed by atoms with E-state index in [1.54, 1.807) is 0 Å². The lowest BCUT2D eigenvalue weighted by Crippen LogP contribution is -1.99. The van der Waals surface area contributed by atoms with Crippen molar-refractivity contribution in [3.05, 3.63) is 84.0 Å². The fourth-order valence-corrected chi connectivity index (χ4v) is 3.41. The van der Waals surface area contributed by atoms with Gasteiger partial charge in [-0.2, -0.15) is 5.10 Å². The van der Waals surface area contributed by atoms with E-state index in [0.29, 0.717) is 5.02 Å². The van der Waals surface area contributed by atoms with E-state index in [-0.39, 0.29) is 0 Å². The second kappa shape index (κ2) is 5.50. The lowest BCUT2D eigenvalue weighted by Gasteiger charge is -2.11. The van der Waals surface area contributed by atoms with Gasteiger partial charge in [-0.1, -0.05) is 41.9 Å². The van der Waals surface area contributed by atoms with Gasteiger partial charge in [-0.25, -0.2) is 4.68 Å². The van der Waals surface area contributed by atoms with E-state index in [9.17, 15) is 0 Å². The smallest absolute Gasteiger partial charge is 0.136 e. The Kier molecular flexibility index (Phi) is 3.15. The topological polar surface area (TPSA) is 27.1 Å². The Labute approximate surface area is 150 Å². The summed E-state index contributed by atoms with van der Waals surface area (Å²) in [5.41, 5.74) is 4.96. The Morgan fingerprint density at radius 1 is 0.760 bits per heavy atom. The first-order chi connectivity index (χ1) is 12.3. The quantitative estimate of drug-likeness (QED) is 0.375. The van der Waals surface area contributed by atoms with Crippen molar-refractivity contribution >= 4 is 11.6 Å². The van der Waals surface area contributed by atoms with E-state index in [2.05, 4.69) is 11.2 Å². The van der Waals surface area contributed by atoms with Crippen LogP contribution in [0.3, 0.4) is 0 Å². The van der Waals surface area contributed by atoms with Gasteiger partial charge in [0.2, 0.25) is 0 Å². The van der Waals surface area contributed by atoms with Gasteiger partial charge in [-0.3, -0.25) is 0 Å². The van der Waals surface area contributed by atoms with Crippen LogP contribution in [0, 0.1) is 0 Å². The predicted octanol–water partition coefficient (Wildman–Crippen LogP) is 5.97. The minimum Gasteiger partial charge on any atom is -0.456 e. The van der Waals surface area contributed by atoms with E-state index in [4.69, 9.17) is 16.3 Å². The number of fused-ring (bicyclic) bond motifs is 5. The molecule has 0 saturated carbocycles. The van der Waals surface area contributed by atoms with Gasteiger partial charge in [0.15, 0.2) is 0 Å². The summed E-state index contributed by atoms with van der Waals surface area (Å²) in [6.45, 7) is 0. The molecule has 0 spiro atoms. The molecule has 1 aromatic heterocycles. The molecule has 25 heavy (non-hydrogen) atoms. The van der Waals surface area contributed by atoms with Gasteiger partial charge in [0, 0.05) is 21.7 Å². The highest BCUT2D eigenvalue weighted by Gasteiger charge is 2.25. The Balaban J connectivity index is 1.88. The van der Waals surface area contributed by atoms with Crippen LogP contribution in [-0.4, -0.2) is 9.78 Å². The molecule has 0 radical (unpaired) electrons. The van der Waals surface area contributed by atoms with Gasteiger partial charge in [0.05, 0.1) is 17.6 Å². The highest BCUT2D eigenvalue weighted by molar-refractivity contribution is 6.31. The fraction of sp³-hybridized carbons (Fsp3) is 0. The molecule has 3 nitrogen and oxygen atoms in total. The Bertz CT molecular complexity index is 1090. The Hall–Kier alpha value is -3.04. The summed E-state index contributed by atoms with van der Waals surface area (Å²) in [4.78, 5) is 0. The van der Waals surface area contributed by atoms with Crippen LogP contribution in [0.15, 0.2) is 79.0 Å². The SMILES string of the molecule is Clc1ccc2c(c1)-c1cnn(-c3ccccc3)c1-c1ccccc1O2. The first-order valence-electron chi connectivity index (χ1n) is 8.02. The number of para-hydroxylation sites is 2. The van der Waals surface area contributed by atoms with Crippen LogP contribution in [0.1, 0.15) is 0 Å². The number of ether oxygens (including phenoxy) is 1. The number of hydrogen-bond acceptors (Lipinski definition) is 2. The van der Waals surface area contributed by atoms with Crippen molar-refractivity contribution in [2.75, 3.05) is 0 Å². The molecule has 1 aliphatic heterocycles. The van der Waals surface area contributed by atoms with E-state index in [1.807, 2.05) is 77.6 Å². The molecular weight excluding hydrogens is 332 g/mol. The van der Waals surface area contributed by atoms with Gasteiger partial charge < -0.3 is 4.74 Å². The average molecular weight is 345 g/mol. The van der Waals surface area contributed by atoms with Crippen LogP contribution in [-0.2, 0) is 0 Å². The molecule has 4 heteroatoms. The zero-order valence-corrected chi connectivity index (χ0v) is 13.9. The fourth-order valence-electron chi connectivity index (χ4n) is 3.24. The van der Waals surface area contributed by atoms with Crippen LogP contribution in [0.25, 0.3) is 28.1 Å². The summed E-state index contributed by atoms with van der Waals surface area (Å²) >= 11 is 6.25. The molecule has 4 aromatic rings. The minimum atomic E-state index is 0.673. The van der Waals surface area contributed by atoms with Crippen LogP contribution < -0.4 is 4.74 Å². The van der Waals surface area contributed by atoms with Gasteiger partial charge in [0.25, 0.3) is 0 Å². The summed E-state index contributed by atoms with van der Waals surface area (Å²) in [6.07, 6.45) is 1.88. The summed E-state index contributed by atoms with van der Waals surface area (Å²) in [5, 5.41) is 5.33. The maximum atomic E-state index is 6.25. The average Bonchev–Trinajstić information content (AvgIpc) is 3.04. The summed E-state index contributed by atoms with van der Waals surface area (Å²) < 4.78 is 8.14. The van der Waals surface area contributed by atoms with Gasteiger partial charge in [-0.15, -0.1) is 0 Å². The lowest BCUT2D eigenvalue weighted by molar-refractivity contribution is 0.487. The number of halogens is 1. The van der Waals surface area contributed by atoms with Crippen molar-refractivity contribution in [3.8, 4) is 39.6 Å². The Morgan fingerprint density at radius 3 is 2.40 bits per heavy atom. The van der Waals surface area contributed by atoms with E-state index in [1.165, 1.54) is 0 Å². The third-order valence-corrected chi connectivity index (χ3v) is 4.60. The van der Waals surface area contributed by atoms with Gasteiger partial charge in [0.1, 0.15) is 11.5 Å². The number of rotatable bonds is 1. The molecule has 0 saturated heterocycles. The highest BCUT2D eigenvalue weighted by atomic mass is 35.5. The van der Waals surface area contributed by atoms with Crippen molar-refractivity contribution in [2.24, 2.45) is 0 Å². The normalized spacial score (nSPS) is 11.7. The molecule has 0 atom stereocenters. The summed E-state index contributed by atoms with van der Waals surface area (Å²) in [5.74, 6) is 1.59. The van der Waals surface area contributed by atoms with E-state index < -0.39 is 0 Å². The molecule has 5 rings (SSSR count). The van der Waals surface area contributed by atoms with Crippen LogP contribution in [0.5, 0.6) is 11.5 Å². The second-order valence-corrected chi connectivity index (χ2v) is 6.33. The van der Waals surface area contributed by atoms with Gasteiger partial charge >= 0.3 is 0 Å². The molecule has 0 fully saturated rings. The lowest BCUT2D eigenvalue weighted by atomic mass is 10.0. The molecule has 0 amide bonds. The monoisotopic (exact) mass is 344 g/mol. The van der Waals surface area contributed by atoms with Crippen molar-refractivity contribution in [2.45, 2.75) is 0 Å². The number of benzene rings is 3. The molecule has 0 N–H and O–H groups in total. The molecule has 3 aromatic carbocycles. The molecule has 0 bridgehead atoms. The number of hydrogen-bond donors (Lipinski definition) is 0. The molecular formula is C21H13ClN2O. The highest BCUT2D eigenvalue weighted by Crippen LogP contribution is 2.47. The first-order valence-corrected chi connectivity index (χ1v) is 8.40. The van der Waals surface area contributed by atoms with Crippen molar-refractivity contribution in [1.82, 2.24) is 9.78 Å². The zero-order valence-electron chi connectivity index (χ0n) is 13.2. The van der Waals surface area contributed by atoms with E-state index >= 15 is 0 Å². The molecule has 2 heterocycles. The zero-order chi connectivity index (χ0) is 16.8. The molecule has 0 aliphatic carbocycles. The van der Waals surface area contributed by atoms with Crippen LogP contribution >= 0.6 is 11.6 Å². The summed E-state index contributed by atoms with van der Waals surface area (Å²) in [6, 6.07) is 23.8.